The van der Waals surface area contributed by atoms with E-state index in [1.54, 1.807) is 12.4 Å². The van der Waals surface area contributed by atoms with Crippen LogP contribution < -0.4 is 15.5 Å². The number of benzene rings is 2. The summed E-state index contributed by atoms with van der Waals surface area (Å²) in [5.74, 6) is 0.910. The van der Waals surface area contributed by atoms with Crippen molar-refractivity contribution < 1.29 is 4.79 Å². The van der Waals surface area contributed by atoms with E-state index in [1.807, 2.05) is 54.6 Å². The minimum absolute atomic E-state index is 0.279. The predicted molar refractivity (Wildman–Crippen MR) is 113 cm³/mol. The van der Waals surface area contributed by atoms with Gasteiger partial charge in [-0.2, -0.15) is 0 Å². The molecule has 0 bridgehead atoms. The number of para-hydroxylation sites is 1. The summed E-state index contributed by atoms with van der Waals surface area (Å²) in [6.07, 6.45) is 7.07. The summed E-state index contributed by atoms with van der Waals surface area (Å²) in [4.78, 5) is 23.8. The lowest BCUT2D eigenvalue weighted by Crippen LogP contribution is -2.30. The topological polar surface area (TPSA) is 70.1 Å². The minimum Gasteiger partial charge on any atom is -0.355 e. The number of urea groups is 1. The van der Waals surface area contributed by atoms with E-state index in [0.29, 0.717) is 5.69 Å². The number of amides is 2. The van der Waals surface area contributed by atoms with E-state index in [0.717, 1.165) is 35.9 Å². The second kappa shape index (κ2) is 8.52. The summed E-state index contributed by atoms with van der Waals surface area (Å²) in [6, 6.07) is 16.8. The quantitative estimate of drug-likeness (QED) is 0.691. The van der Waals surface area contributed by atoms with Crippen LogP contribution in [-0.2, 0) is 0 Å². The van der Waals surface area contributed by atoms with Crippen LogP contribution in [0.4, 0.5) is 22.0 Å². The summed E-state index contributed by atoms with van der Waals surface area (Å²) in [5.41, 5.74) is 3.24. The molecule has 2 heterocycles. The van der Waals surface area contributed by atoms with E-state index in [-0.39, 0.29) is 6.03 Å². The van der Waals surface area contributed by atoms with E-state index < -0.39 is 0 Å². The number of hydrogen-bond acceptors (Lipinski definition) is 4. The Hall–Kier alpha value is -3.41. The molecule has 1 saturated heterocycles. The van der Waals surface area contributed by atoms with Gasteiger partial charge in [0, 0.05) is 42.4 Å². The van der Waals surface area contributed by atoms with E-state index in [4.69, 9.17) is 0 Å². The van der Waals surface area contributed by atoms with Crippen LogP contribution in [0.5, 0.6) is 0 Å². The Morgan fingerprint density at radius 3 is 2.36 bits per heavy atom. The maximum Gasteiger partial charge on any atom is 0.323 e. The fourth-order valence-electron chi connectivity index (χ4n) is 3.43. The van der Waals surface area contributed by atoms with Gasteiger partial charge >= 0.3 is 6.03 Å². The highest BCUT2D eigenvalue weighted by Gasteiger charge is 2.18. The molecule has 0 unspecified atom stereocenters. The third-order valence-corrected chi connectivity index (χ3v) is 4.76. The molecule has 0 aliphatic carbocycles. The van der Waals surface area contributed by atoms with Crippen LogP contribution in [0.15, 0.2) is 67.0 Å². The molecular formula is C22H23N5O. The lowest BCUT2D eigenvalue weighted by Gasteiger charge is -2.28. The van der Waals surface area contributed by atoms with E-state index in [9.17, 15) is 4.79 Å². The molecule has 4 rings (SSSR count). The molecular weight excluding hydrogens is 350 g/mol. The number of piperidine rings is 1. The number of rotatable bonds is 4. The van der Waals surface area contributed by atoms with Crippen molar-refractivity contribution in [1.82, 2.24) is 9.97 Å². The molecule has 28 heavy (non-hydrogen) atoms. The first kappa shape index (κ1) is 18.0. The standard InChI is InChI=1S/C22H23N5O/c28-22(25-18-9-3-1-4-10-18)26-19-11-7-8-17(16-19)20-21(24-13-12-23-20)27-14-5-2-6-15-27/h1,3-4,7-13,16H,2,5-6,14-15H2,(H2,25,26,28). The van der Waals surface area contributed by atoms with Crippen molar-refractivity contribution in [2.24, 2.45) is 0 Å². The molecule has 6 heteroatoms. The van der Waals surface area contributed by atoms with Gasteiger partial charge in [-0.3, -0.25) is 4.98 Å². The molecule has 3 aromatic rings. The average molecular weight is 373 g/mol. The van der Waals surface area contributed by atoms with Gasteiger partial charge in [-0.15, -0.1) is 0 Å². The minimum atomic E-state index is -0.279. The van der Waals surface area contributed by atoms with E-state index in [1.165, 1.54) is 19.3 Å². The van der Waals surface area contributed by atoms with Crippen LogP contribution in [0.2, 0.25) is 0 Å². The average Bonchev–Trinajstić information content (AvgIpc) is 2.75. The third-order valence-electron chi connectivity index (χ3n) is 4.76. The Balaban J connectivity index is 1.53. The molecule has 1 fully saturated rings. The summed E-state index contributed by atoms with van der Waals surface area (Å²) >= 11 is 0. The van der Waals surface area contributed by atoms with Crippen molar-refractivity contribution in [2.45, 2.75) is 19.3 Å². The number of anilines is 3. The van der Waals surface area contributed by atoms with E-state index >= 15 is 0 Å². The number of nitrogens with zero attached hydrogens (tertiary/aromatic N) is 3. The number of carbonyl (C=O) groups is 1. The van der Waals surface area contributed by atoms with Gasteiger partial charge in [0.2, 0.25) is 0 Å². The number of carbonyl (C=O) groups excluding carboxylic acids is 1. The van der Waals surface area contributed by atoms with Gasteiger partial charge in [0.1, 0.15) is 5.69 Å². The molecule has 142 valence electrons. The van der Waals surface area contributed by atoms with Gasteiger partial charge < -0.3 is 15.5 Å². The molecule has 1 aromatic heterocycles. The normalized spacial score (nSPS) is 13.8. The Morgan fingerprint density at radius 2 is 1.54 bits per heavy atom. The summed E-state index contributed by atoms with van der Waals surface area (Å²) in [7, 11) is 0. The van der Waals surface area contributed by atoms with E-state index in [2.05, 4.69) is 25.5 Å². The largest absolute Gasteiger partial charge is 0.355 e. The molecule has 0 spiro atoms. The molecule has 0 saturated carbocycles. The first-order valence-electron chi connectivity index (χ1n) is 9.59. The molecule has 2 N–H and O–H groups in total. The molecule has 1 aliphatic rings. The van der Waals surface area contributed by atoms with Gasteiger partial charge in [0.15, 0.2) is 5.82 Å². The number of nitrogens with one attached hydrogen (secondary N) is 2. The zero-order valence-electron chi connectivity index (χ0n) is 15.6. The Morgan fingerprint density at radius 1 is 0.821 bits per heavy atom. The first-order chi connectivity index (χ1) is 13.8. The van der Waals surface area contributed by atoms with Crippen LogP contribution in [-0.4, -0.2) is 29.1 Å². The second-order valence-electron chi connectivity index (χ2n) is 6.80. The fraction of sp³-hybridized carbons (Fsp3) is 0.227. The third kappa shape index (κ3) is 4.28. The van der Waals surface area contributed by atoms with Crippen LogP contribution in [0, 0.1) is 0 Å². The predicted octanol–water partition coefficient (Wildman–Crippen LogP) is 4.78. The van der Waals surface area contributed by atoms with Crippen molar-refractivity contribution in [3.8, 4) is 11.3 Å². The lowest BCUT2D eigenvalue weighted by molar-refractivity contribution is 0.262. The molecule has 1 aliphatic heterocycles. The Bertz CT molecular complexity index is 938. The Labute approximate surface area is 164 Å². The van der Waals surface area contributed by atoms with Crippen molar-refractivity contribution in [1.29, 1.82) is 0 Å². The SMILES string of the molecule is O=C(Nc1ccccc1)Nc1cccc(-c2nccnc2N2CCCCC2)c1. The van der Waals surface area contributed by atoms with Crippen LogP contribution in [0.1, 0.15) is 19.3 Å². The first-order valence-corrected chi connectivity index (χ1v) is 9.59. The Kier molecular flexibility index (Phi) is 5.47. The number of aromatic nitrogens is 2. The van der Waals surface area contributed by atoms with Crippen molar-refractivity contribution in [2.75, 3.05) is 28.6 Å². The second-order valence-corrected chi connectivity index (χ2v) is 6.80. The van der Waals surface area contributed by atoms with Crippen LogP contribution in [0.25, 0.3) is 11.3 Å². The monoisotopic (exact) mass is 373 g/mol. The van der Waals surface area contributed by atoms with Crippen LogP contribution in [0.3, 0.4) is 0 Å². The number of hydrogen-bond donors (Lipinski definition) is 2. The molecule has 2 aromatic carbocycles. The highest BCUT2D eigenvalue weighted by Crippen LogP contribution is 2.30. The van der Waals surface area contributed by atoms with Crippen molar-refractivity contribution >= 4 is 23.2 Å². The fourth-order valence-corrected chi connectivity index (χ4v) is 3.43. The molecule has 2 amide bonds. The zero-order valence-corrected chi connectivity index (χ0v) is 15.6. The van der Waals surface area contributed by atoms with Crippen molar-refractivity contribution in [3.63, 3.8) is 0 Å². The van der Waals surface area contributed by atoms with Gasteiger partial charge in [-0.25, -0.2) is 9.78 Å². The van der Waals surface area contributed by atoms with Crippen molar-refractivity contribution in [3.05, 3.63) is 67.0 Å². The summed E-state index contributed by atoms with van der Waals surface area (Å²) in [5, 5.41) is 5.71. The highest BCUT2D eigenvalue weighted by molar-refractivity contribution is 6.00. The van der Waals surface area contributed by atoms with Gasteiger partial charge in [0.25, 0.3) is 0 Å². The molecule has 0 atom stereocenters. The smallest absolute Gasteiger partial charge is 0.323 e. The molecule has 0 radical (unpaired) electrons. The maximum atomic E-state index is 12.3. The highest BCUT2D eigenvalue weighted by atomic mass is 16.2. The summed E-state index contributed by atoms with van der Waals surface area (Å²) < 4.78 is 0. The lowest BCUT2D eigenvalue weighted by atomic mass is 10.1. The van der Waals surface area contributed by atoms with Crippen LogP contribution >= 0.6 is 0 Å². The zero-order chi connectivity index (χ0) is 19.2. The van der Waals surface area contributed by atoms with Gasteiger partial charge in [-0.1, -0.05) is 30.3 Å². The summed E-state index contributed by atoms with van der Waals surface area (Å²) in [6.45, 7) is 2.01. The van der Waals surface area contributed by atoms with Gasteiger partial charge in [-0.05, 0) is 43.5 Å². The maximum absolute atomic E-state index is 12.3. The molecule has 6 nitrogen and oxygen atoms in total. The van der Waals surface area contributed by atoms with Gasteiger partial charge in [0.05, 0.1) is 0 Å².